The fourth-order valence-electron chi connectivity index (χ4n) is 2.47. The summed E-state index contributed by atoms with van der Waals surface area (Å²) in [5, 5.41) is 3.96. The van der Waals surface area contributed by atoms with E-state index in [1.54, 1.807) is 6.26 Å². The Labute approximate surface area is 130 Å². The van der Waals surface area contributed by atoms with Crippen molar-refractivity contribution in [2.45, 2.75) is 26.8 Å². The molecule has 2 aromatic carbocycles. The molecule has 3 heteroatoms. The summed E-state index contributed by atoms with van der Waals surface area (Å²) in [5.74, 6) is 0.00356. The molecule has 0 aliphatic carbocycles. The molecule has 1 aromatic heterocycles. The zero-order valence-electron chi connectivity index (χ0n) is 12.8. The molecule has 3 aromatic rings. The number of furan rings is 1. The van der Waals surface area contributed by atoms with Gasteiger partial charge in [0.1, 0.15) is 5.58 Å². The van der Waals surface area contributed by atoms with E-state index in [1.807, 2.05) is 56.3 Å². The maximum Gasteiger partial charge on any atom is 0.224 e. The fourth-order valence-corrected chi connectivity index (χ4v) is 2.47. The molecule has 0 fully saturated rings. The molecule has 1 N–H and O–H groups in total. The molecule has 0 saturated carbocycles. The van der Waals surface area contributed by atoms with Gasteiger partial charge in [0.2, 0.25) is 5.91 Å². The Morgan fingerprint density at radius 3 is 2.55 bits per heavy atom. The van der Waals surface area contributed by atoms with Gasteiger partial charge in [0.05, 0.1) is 12.7 Å². The number of aryl methyl sites for hydroxylation is 2. The lowest BCUT2D eigenvalue weighted by atomic mass is 10.1. The number of amides is 1. The number of hydrogen-bond donors (Lipinski definition) is 1. The molecule has 0 unspecified atom stereocenters. The van der Waals surface area contributed by atoms with Crippen LogP contribution in [0.3, 0.4) is 0 Å². The number of rotatable bonds is 4. The minimum absolute atomic E-state index is 0.00356. The van der Waals surface area contributed by atoms with Gasteiger partial charge in [-0.2, -0.15) is 0 Å². The average Bonchev–Trinajstić information content (AvgIpc) is 2.89. The Hall–Kier alpha value is -2.55. The summed E-state index contributed by atoms with van der Waals surface area (Å²) in [4.78, 5) is 12.1. The van der Waals surface area contributed by atoms with Crippen molar-refractivity contribution in [2.75, 3.05) is 0 Å². The van der Waals surface area contributed by atoms with E-state index in [9.17, 15) is 4.79 Å². The van der Waals surface area contributed by atoms with Crippen molar-refractivity contribution in [2.24, 2.45) is 0 Å². The van der Waals surface area contributed by atoms with Crippen molar-refractivity contribution in [3.63, 3.8) is 0 Å². The largest absolute Gasteiger partial charge is 0.464 e. The van der Waals surface area contributed by atoms with Gasteiger partial charge < -0.3 is 9.73 Å². The maximum atomic E-state index is 12.1. The molecular weight excluding hydrogens is 274 g/mol. The third-order valence-corrected chi connectivity index (χ3v) is 3.77. The third kappa shape index (κ3) is 3.19. The second kappa shape index (κ2) is 6.06. The molecule has 112 valence electrons. The van der Waals surface area contributed by atoms with E-state index in [4.69, 9.17) is 4.42 Å². The second-order valence-corrected chi connectivity index (χ2v) is 5.70. The molecule has 0 bridgehead atoms. The summed E-state index contributed by atoms with van der Waals surface area (Å²) in [5.41, 5.74) is 5.23. The molecular formula is C19H19NO2. The molecule has 1 heterocycles. The molecule has 3 rings (SSSR count). The van der Waals surface area contributed by atoms with Crippen LogP contribution in [-0.2, 0) is 17.8 Å². The fraction of sp³-hybridized carbons (Fsp3) is 0.211. The van der Waals surface area contributed by atoms with E-state index < -0.39 is 0 Å². The first kappa shape index (κ1) is 14.4. The van der Waals surface area contributed by atoms with Crippen molar-refractivity contribution >= 4 is 16.9 Å². The topological polar surface area (TPSA) is 42.2 Å². The molecule has 0 aliphatic rings. The Bertz CT molecular complexity index is 800. The van der Waals surface area contributed by atoms with Crippen LogP contribution in [-0.4, -0.2) is 5.91 Å². The smallest absolute Gasteiger partial charge is 0.224 e. The van der Waals surface area contributed by atoms with Crippen molar-refractivity contribution in [3.05, 3.63) is 71.0 Å². The van der Waals surface area contributed by atoms with Gasteiger partial charge in [-0.3, -0.25) is 4.79 Å². The Morgan fingerprint density at radius 2 is 1.77 bits per heavy atom. The van der Waals surface area contributed by atoms with Crippen molar-refractivity contribution in [3.8, 4) is 0 Å². The van der Waals surface area contributed by atoms with Crippen molar-refractivity contribution < 1.29 is 9.21 Å². The highest BCUT2D eigenvalue weighted by Gasteiger charge is 2.10. The quantitative estimate of drug-likeness (QED) is 0.792. The van der Waals surface area contributed by atoms with Crippen LogP contribution in [0.15, 0.2) is 53.1 Å². The highest BCUT2D eigenvalue weighted by Crippen LogP contribution is 2.22. The number of nitrogens with one attached hydrogen (secondary N) is 1. The minimum Gasteiger partial charge on any atom is -0.464 e. The summed E-state index contributed by atoms with van der Waals surface area (Å²) in [6.45, 7) is 4.62. The first-order valence-electron chi connectivity index (χ1n) is 7.41. The van der Waals surface area contributed by atoms with E-state index >= 15 is 0 Å². The number of carbonyl (C=O) groups excluding carboxylic acids is 1. The van der Waals surface area contributed by atoms with Crippen molar-refractivity contribution in [1.29, 1.82) is 0 Å². The summed E-state index contributed by atoms with van der Waals surface area (Å²) >= 11 is 0. The van der Waals surface area contributed by atoms with Crippen molar-refractivity contribution in [1.82, 2.24) is 5.32 Å². The van der Waals surface area contributed by atoms with Crippen LogP contribution in [0.4, 0.5) is 0 Å². The zero-order chi connectivity index (χ0) is 15.5. The summed E-state index contributed by atoms with van der Waals surface area (Å²) in [6, 6.07) is 14.2. The van der Waals surface area contributed by atoms with Gasteiger partial charge in [-0.05, 0) is 31.0 Å². The lowest BCUT2D eigenvalue weighted by Crippen LogP contribution is -2.24. The molecule has 0 atom stereocenters. The lowest BCUT2D eigenvalue weighted by molar-refractivity contribution is -0.120. The summed E-state index contributed by atoms with van der Waals surface area (Å²) in [6.07, 6.45) is 2.01. The Balaban J connectivity index is 1.64. The van der Waals surface area contributed by atoms with Gasteiger partial charge in [0.25, 0.3) is 0 Å². The lowest BCUT2D eigenvalue weighted by Gasteiger charge is -2.05. The van der Waals surface area contributed by atoms with Crippen LogP contribution in [0.2, 0.25) is 0 Å². The number of hydrogen-bond acceptors (Lipinski definition) is 2. The molecule has 1 amide bonds. The van der Waals surface area contributed by atoms with Crippen LogP contribution in [0, 0.1) is 13.8 Å². The van der Waals surface area contributed by atoms with Gasteiger partial charge in [-0.1, -0.05) is 42.0 Å². The van der Waals surface area contributed by atoms with Gasteiger partial charge in [0.15, 0.2) is 0 Å². The molecule has 0 saturated heterocycles. The second-order valence-electron chi connectivity index (χ2n) is 5.70. The van der Waals surface area contributed by atoms with Gasteiger partial charge in [-0.15, -0.1) is 0 Å². The third-order valence-electron chi connectivity index (χ3n) is 3.77. The predicted molar refractivity (Wildman–Crippen MR) is 87.7 cm³/mol. The summed E-state index contributed by atoms with van der Waals surface area (Å²) < 4.78 is 5.53. The number of carbonyl (C=O) groups is 1. The van der Waals surface area contributed by atoms with Gasteiger partial charge in [-0.25, -0.2) is 0 Å². The van der Waals surface area contributed by atoms with E-state index in [2.05, 4.69) is 5.32 Å². The van der Waals surface area contributed by atoms with Crippen LogP contribution >= 0.6 is 0 Å². The SMILES string of the molecule is Cc1ccc(CNC(=O)Cc2coc3cc(C)ccc23)cc1. The van der Waals surface area contributed by atoms with Crippen LogP contribution in [0.5, 0.6) is 0 Å². The van der Waals surface area contributed by atoms with E-state index in [-0.39, 0.29) is 5.91 Å². The zero-order valence-corrected chi connectivity index (χ0v) is 12.8. The van der Waals surface area contributed by atoms with E-state index in [0.29, 0.717) is 13.0 Å². The predicted octanol–water partition coefficient (Wildman–Crippen LogP) is 3.91. The normalized spacial score (nSPS) is 10.8. The first-order valence-corrected chi connectivity index (χ1v) is 7.41. The first-order chi connectivity index (χ1) is 10.6. The van der Waals surface area contributed by atoms with E-state index in [1.165, 1.54) is 5.56 Å². The highest BCUT2D eigenvalue weighted by molar-refractivity contribution is 5.87. The molecule has 0 radical (unpaired) electrons. The minimum atomic E-state index is 0.00356. The monoisotopic (exact) mass is 293 g/mol. The number of fused-ring (bicyclic) bond motifs is 1. The Morgan fingerprint density at radius 1 is 1.05 bits per heavy atom. The average molecular weight is 293 g/mol. The molecule has 3 nitrogen and oxygen atoms in total. The molecule has 0 aliphatic heterocycles. The van der Waals surface area contributed by atoms with Crippen LogP contribution in [0.1, 0.15) is 22.3 Å². The van der Waals surface area contributed by atoms with Crippen LogP contribution < -0.4 is 5.32 Å². The van der Waals surface area contributed by atoms with Crippen LogP contribution in [0.25, 0.3) is 11.0 Å². The Kier molecular flexibility index (Phi) is 3.96. The highest BCUT2D eigenvalue weighted by atomic mass is 16.3. The molecule has 0 spiro atoms. The molecule has 22 heavy (non-hydrogen) atoms. The maximum absolute atomic E-state index is 12.1. The van der Waals surface area contributed by atoms with E-state index in [0.717, 1.165) is 27.7 Å². The standard InChI is InChI=1S/C19H19NO2/c1-13-3-6-15(7-4-13)11-20-19(21)10-16-12-22-18-9-14(2)5-8-17(16)18/h3-9,12H,10-11H2,1-2H3,(H,20,21). The van der Waals surface area contributed by atoms with Gasteiger partial charge >= 0.3 is 0 Å². The van der Waals surface area contributed by atoms with Gasteiger partial charge in [0, 0.05) is 17.5 Å². The number of benzene rings is 2. The summed E-state index contributed by atoms with van der Waals surface area (Å²) in [7, 11) is 0.